The lowest BCUT2D eigenvalue weighted by atomic mass is 9.97. The van der Waals surface area contributed by atoms with Crippen LogP contribution in [0.3, 0.4) is 0 Å². The lowest BCUT2D eigenvalue weighted by Gasteiger charge is -2.11. The Labute approximate surface area is 160 Å². The number of ether oxygens (including phenoxy) is 1. The van der Waals surface area contributed by atoms with Crippen LogP contribution in [-0.4, -0.2) is 17.8 Å². The largest absolute Gasteiger partial charge is 0.461 e. The molecule has 0 saturated heterocycles. The number of esters is 1. The number of hydrogen-bond donors (Lipinski definition) is 1. The second-order valence-corrected chi connectivity index (χ2v) is 6.67. The van der Waals surface area contributed by atoms with Crippen molar-refractivity contribution in [3.8, 4) is 0 Å². The summed E-state index contributed by atoms with van der Waals surface area (Å²) in [6.07, 6.45) is 9.49. The zero-order chi connectivity index (χ0) is 19.6. The van der Waals surface area contributed by atoms with E-state index in [0.717, 1.165) is 37.3 Å². The van der Waals surface area contributed by atoms with Crippen molar-refractivity contribution in [3.05, 3.63) is 59.2 Å². The Morgan fingerprint density at radius 1 is 1.19 bits per heavy atom. The molecule has 2 rings (SSSR count). The number of carbonyl (C=O) groups is 3. The van der Waals surface area contributed by atoms with E-state index in [2.05, 4.69) is 31.0 Å². The fraction of sp³-hybridized carbons (Fsp3) is 0.409. The molecule has 1 aliphatic heterocycles. The summed E-state index contributed by atoms with van der Waals surface area (Å²) in [7, 11) is 0. The molecule has 0 unspecified atom stereocenters. The fourth-order valence-corrected chi connectivity index (χ4v) is 3.08. The number of allylic oxidation sites excluding steroid dienone is 1. The average Bonchev–Trinajstić information content (AvgIpc) is 2.97. The summed E-state index contributed by atoms with van der Waals surface area (Å²) < 4.78 is 5.26. The highest BCUT2D eigenvalue weighted by atomic mass is 16.5. The predicted molar refractivity (Wildman–Crippen MR) is 104 cm³/mol. The zero-order valence-electron chi connectivity index (χ0n) is 15.9. The minimum absolute atomic E-state index is 0.144. The molecular formula is C22H27NO4. The van der Waals surface area contributed by atoms with Gasteiger partial charge in [-0.25, -0.2) is 0 Å². The van der Waals surface area contributed by atoms with Gasteiger partial charge in [-0.1, -0.05) is 37.6 Å². The van der Waals surface area contributed by atoms with E-state index in [-0.39, 0.29) is 18.6 Å². The first-order valence-corrected chi connectivity index (χ1v) is 9.46. The first kappa shape index (κ1) is 20.6. The number of rotatable bonds is 11. The third kappa shape index (κ3) is 6.51. The Hall–Kier alpha value is -2.69. The lowest BCUT2D eigenvalue weighted by molar-refractivity contribution is -0.144. The first-order valence-electron chi connectivity index (χ1n) is 9.46. The number of imide groups is 1. The van der Waals surface area contributed by atoms with Gasteiger partial charge >= 0.3 is 5.97 Å². The topological polar surface area (TPSA) is 72.5 Å². The molecule has 1 aromatic rings. The first-order chi connectivity index (χ1) is 13.0. The summed E-state index contributed by atoms with van der Waals surface area (Å²) in [6, 6.07) is 6.18. The van der Waals surface area contributed by atoms with E-state index in [4.69, 9.17) is 4.74 Å². The number of nitrogens with one attached hydrogen (secondary N) is 1. The van der Waals surface area contributed by atoms with E-state index < -0.39 is 17.8 Å². The minimum Gasteiger partial charge on any atom is -0.461 e. The van der Waals surface area contributed by atoms with Crippen molar-refractivity contribution in [2.45, 2.75) is 58.5 Å². The van der Waals surface area contributed by atoms with Gasteiger partial charge in [0.25, 0.3) is 11.8 Å². The molecule has 144 valence electrons. The second-order valence-electron chi connectivity index (χ2n) is 6.67. The molecule has 1 N–H and O–H groups in total. The van der Waals surface area contributed by atoms with E-state index in [1.165, 1.54) is 24.0 Å². The van der Waals surface area contributed by atoms with E-state index in [9.17, 15) is 14.4 Å². The Morgan fingerprint density at radius 3 is 2.67 bits per heavy atom. The quantitative estimate of drug-likeness (QED) is 0.280. The normalized spacial score (nSPS) is 13.3. The van der Waals surface area contributed by atoms with Crippen LogP contribution in [0.2, 0.25) is 0 Å². The van der Waals surface area contributed by atoms with Crippen molar-refractivity contribution in [1.29, 1.82) is 0 Å². The molecule has 2 amide bonds. The molecule has 1 aliphatic rings. The summed E-state index contributed by atoms with van der Waals surface area (Å²) in [6.45, 7) is 6.03. The van der Waals surface area contributed by atoms with Crippen LogP contribution in [0.15, 0.2) is 42.5 Å². The zero-order valence-corrected chi connectivity index (χ0v) is 15.9. The van der Waals surface area contributed by atoms with Crippen molar-refractivity contribution in [3.63, 3.8) is 0 Å². The van der Waals surface area contributed by atoms with Crippen LogP contribution in [0, 0.1) is 0 Å². The molecule has 0 atom stereocenters. The van der Waals surface area contributed by atoms with Gasteiger partial charge in [0, 0.05) is 11.6 Å². The summed E-state index contributed by atoms with van der Waals surface area (Å²) >= 11 is 0. The number of aryl methyl sites for hydroxylation is 2. The van der Waals surface area contributed by atoms with Gasteiger partial charge in [0.2, 0.25) is 0 Å². The van der Waals surface area contributed by atoms with Crippen molar-refractivity contribution in [1.82, 2.24) is 5.32 Å². The number of unbranched alkanes of at least 4 members (excludes halogenated alkanes) is 3. The van der Waals surface area contributed by atoms with Gasteiger partial charge in [-0.3, -0.25) is 19.7 Å². The molecule has 1 aromatic carbocycles. The van der Waals surface area contributed by atoms with Gasteiger partial charge in [0.05, 0.1) is 6.42 Å². The molecule has 5 nitrogen and oxygen atoms in total. The Kier molecular flexibility index (Phi) is 7.99. The van der Waals surface area contributed by atoms with Crippen molar-refractivity contribution >= 4 is 17.8 Å². The van der Waals surface area contributed by atoms with Gasteiger partial charge in [-0.15, -0.1) is 6.58 Å². The molecule has 0 radical (unpaired) electrons. The molecule has 0 spiro atoms. The smallest absolute Gasteiger partial charge is 0.310 e. The monoisotopic (exact) mass is 369 g/mol. The van der Waals surface area contributed by atoms with Gasteiger partial charge in [0.15, 0.2) is 0 Å². The molecule has 1 heterocycles. The van der Waals surface area contributed by atoms with E-state index in [0.29, 0.717) is 0 Å². The summed E-state index contributed by atoms with van der Waals surface area (Å²) in [4.78, 5) is 34.4. The molecule has 27 heavy (non-hydrogen) atoms. The summed E-state index contributed by atoms with van der Waals surface area (Å²) in [5.74, 6) is -1.53. The van der Waals surface area contributed by atoms with Crippen LogP contribution in [0.1, 0.15) is 55.7 Å². The Balaban J connectivity index is 1.84. The van der Waals surface area contributed by atoms with Crippen LogP contribution in [0.5, 0.6) is 0 Å². The maximum atomic E-state index is 11.9. The third-order valence-electron chi connectivity index (χ3n) is 4.57. The van der Waals surface area contributed by atoms with Crippen molar-refractivity contribution in [2.24, 2.45) is 0 Å². The highest BCUT2D eigenvalue weighted by molar-refractivity contribution is 6.17. The molecule has 0 fully saturated rings. The van der Waals surface area contributed by atoms with Gasteiger partial charge < -0.3 is 4.74 Å². The number of amides is 2. The molecule has 0 aliphatic carbocycles. The molecule has 0 aromatic heterocycles. The Morgan fingerprint density at radius 2 is 2.00 bits per heavy atom. The summed E-state index contributed by atoms with van der Waals surface area (Å²) in [5.41, 5.74) is 3.69. The molecule has 0 saturated carbocycles. The number of hydrogen-bond acceptors (Lipinski definition) is 4. The van der Waals surface area contributed by atoms with Crippen molar-refractivity contribution < 1.29 is 19.1 Å². The lowest BCUT2D eigenvalue weighted by Crippen LogP contribution is -2.23. The van der Waals surface area contributed by atoms with E-state index >= 15 is 0 Å². The molecule has 0 bridgehead atoms. The standard InChI is InChI=1S/C22H27NO4/c1-3-5-6-7-8-9-18-11-10-16(12-17(18)4-2)15-27-21(25)14-19-13-20(24)23-22(19)26/h3,10-13H,1,4-9,14-15H2,2H3,(H,23,24,26). The van der Waals surface area contributed by atoms with Gasteiger partial charge in [-0.05, 0) is 48.8 Å². The van der Waals surface area contributed by atoms with E-state index in [1.807, 2.05) is 12.1 Å². The third-order valence-corrected chi connectivity index (χ3v) is 4.57. The number of benzene rings is 1. The van der Waals surface area contributed by atoms with Crippen LogP contribution in [0.4, 0.5) is 0 Å². The number of carbonyl (C=O) groups excluding carboxylic acids is 3. The van der Waals surface area contributed by atoms with Crippen molar-refractivity contribution in [2.75, 3.05) is 0 Å². The van der Waals surface area contributed by atoms with E-state index in [1.54, 1.807) is 0 Å². The average molecular weight is 369 g/mol. The highest BCUT2D eigenvalue weighted by Crippen LogP contribution is 2.18. The maximum absolute atomic E-state index is 11.9. The van der Waals surface area contributed by atoms with Crippen LogP contribution >= 0.6 is 0 Å². The SMILES string of the molecule is C=CCCCCCc1ccc(COC(=O)CC2=CC(=O)NC2=O)cc1CC. The Bertz CT molecular complexity index is 749. The predicted octanol–water partition coefficient (Wildman–Crippen LogP) is 3.55. The minimum atomic E-state index is -0.525. The fourth-order valence-electron chi connectivity index (χ4n) is 3.08. The highest BCUT2D eigenvalue weighted by Gasteiger charge is 2.23. The van der Waals surface area contributed by atoms with Crippen LogP contribution in [0.25, 0.3) is 0 Å². The van der Waals surface area contributed by atoms with Gasteiger partial charge in [0.1, 0.15) is 6.61 Å². The van der Waals surface area contributed by atoms with Gasteiger partial charge in [-0.2, -0.15) is 0 Å². The molecule has 5 heteroatoms. The maximum Gasteiger partial charge on any atom is 0.310 e. The summed E-state index contributed by atoms with van der Waals surface area (Å²) in [5, 5.41) is 2.11. The van der Waals surface area contributed by atoms with Crippen LogP contribution in [-0.2, 0) is 38.6 Å². The molecular weight excluding hydrogens is 342 g/mol. The second kappa shape index (κ2) is 10.5. The van der Waals surface area contributed by atoms with Crippen LogP contribution < -0.4 is 5.32 Å².